The molecule has 1 aliphatic rings. The maximum Gasteiger partial charge on any atom is 0.280 e. The van der Waals surface area contributed by atoms with E-state index in [1.54, 1.807) is 4.52 Å². The number of aryl methyl sites for hydroxylation is 1. The van der Waals surface area contributed by atoms with E-state index in [1.807, 2.05) is 41.1 Å². The Kier molecular flexibility index (Phi) is 5.03. The molecular weight excluding hydrogens is 398 g/mol. The van der Waals surface area contributed by atoms with Crippen molar-refractivity contribution in [3.8, 4) is 11.1 Å². The van der Waals surface area contributed by atoms with Crippen LogP contribution in [0.25, 0.3) is 27.8 Å². The Bertz CT molecular complexity index is 1270. The Morgan fingerprint density at radius 3 is 2.47 bits per heavy atom. The first-order valence-electron chi connectivity index (χ1n) is 10.7. The van der Waals surface area contributed by atoms with Crippen LogP contribution in [0.3, 0.4) is 0 Å². The molecule has 0 N–H and O–H groups in total. The number of nitrogens with zero attached hydrogens (tertiary/aromatic N) is 5. The Hall–Kier alpha value is -2.73. The summed E-state index contributed by atoms with van der Waals surface area (Å²) in [7, 11) is 0. The van der Waals surface area contributed by atoms with Gasteiger partial charge in [-0.2, -0.15) is 5.10 Å². The van der Waals surface area contributed by atoms with Crippen LogP contribution in [0.4, 0.5) is 0 Å². The standard InChI is InChI=1S/C23H24ClN5O/c1-2-18-20(15-9-11-16(24)12-10-15)22-26-25-21-19(29(22)27-18)13-14-28(23(21)30)17-7-5-3-4-6-8-17/h9-14,17H,2-8H2,1H3. The molecule has 1 fully saturated rings. The molecule has 0 unspecified atom stereocenters. The van der Waals surface area contributed by atoms with Gasteiger partial charge in [0, 0.05) is 17.3 Å². The molecule has 1 aliphatic carbocycles. The lowest BCUT2D eigenvalue weighted by atomic mass is 10.0. The van der Waals surface area contributed by atoms with E-state index in [1.165, 1.54) is 25.7 Å². The van der Waals surface area contributed by atoms with Crippen molar-refractivity contribution in [3.63, 3.8) is 0 Å². The number of pyridine rings is 1. The van der Waals surface area contributed by atoms with Crippen molar-refractivity contribution in [1.29, 1.82) is 0 Å². The molecule has 3 heterocycles. The van der Waals surface area contributed by atoms with Crippen molar-refractivity contribution >= 4 is 28.3 Å². The molecule has 0 aliphatic heterocycles. The second-order valence-electron chi connectivity index (χ2n) is 8.02. The lowest BCUT2D eigenvalue weighted by Crippen LogP contribution is -2.25. The summed E-state index contributed by atoms with van der Waals surface area (Å²) in [4.78, 5) is 13.3. The molecule has 7 heteroatoms. The lowest BCUT2D eigenvalue weighted by Gasteiger charge is -2.17. The topological polar surface area (TPSA) is 65.1 Å². The number of fused-ring (bicyclic) bond motifs is 3. The van der Waals surface area contributed by atoms with Gasteiger partial charge in [0.05, 0.1) is 11.3 Å². The average molecular weight is 422 g/mol. The van der Waals surface area contributed by atoms with Gasteiger partial charge in [-0.25, -0.2) is 4.52 Å². The summed E-state index contributed by atoms with van der Waals surface area (Å²) in [6.07, 6.45) is 9.60. The largest absolute Gasteiger partial charge is 0.310 e. The average Bonchev–Trinajstić information content (AvgIpc) is 2.93. The molecule has 0 spiro atoms. The minimum Gasteiger partial charge on any atom is -0.310 e. The van der Waals surface area contributed by atoms with Crippen molar-refractivity contribution in [2.24, 2.45) is 0 Å². The molecule has 4 aromatic rings. The van der Waals surface area contributed by atoms with Crippen LogP contribution in [-0.2, 0) is 6.42 Å². The third-order valence-corrected chi connectivity index (χ3v) is 6.42. The zero-order valence-corrected chi connectivity index (χ0v) is 17.8. The minimum atomic E-state index is -0.0737. The minimum absolute atomic E-state index is 0.0737. The predicted octanol–water partition coefficient (Wildman–Crippen LogP) is 5.22. The number of rotatable bonds is 3. The van der Waals surface area contributed by atoms with Gasteiger partial charge in [-0.15, -0.1) is 10.2 Å². The highest BCUT2D eigenvalue weighted by molar-refractivity contribution is 6.30. The zero-order chi connectivity index (χ0) is 20.7. The summed E-state index contributed by atoms with van der Waals surface area (Å²) in [5.74, 6) is 0. The van der Waals surface area contributed by atoms with Gasteiger partial charge in [-0.05, 0) is 43.0 Å². The molecule has 0 bridgehead atoms. The molecular formula is C23H24ClN5O. The fourth-order valence-electron chi connectivity index (χ4n) is 4.59. The normalized spacial score (nSPS) is 15.7. The van der Waals surface area contributed by atoms with E-state index < -0.39 is 0 Å². The molecule has 6 nitrogen and oxygen atoms in total. The second-order valence-corrected chi connectivity index (χ2v) is 8.46. The van der Waals surface area contributed by atoms with E-state index in [9.17, 15) is 4.79 Å². The van der Waals surface area contributed by atoms with Crippen LogP contribution in [0, 0.1) is 0 Å². The highest BCUT2D eigenvalue weighted by Gasteiger charge is 2.21. The smallest absolute Gasteiger partial charge is 0.280 e. The quantitative estimate of drug-likeness (QED) is 0.425. The summed E-state index contributed by atoms with van der Waals surface area (Å²) >= 11 is 6.06. The van der Waals surface area contributed by atoms with E-state index in [2.05, 4.69) is 17.1 Å². The summed E-state index contributed by atoms with van der Waals surface area (Å²) in [6, 6.07) is 9.86. The third-order valence-electron chi connectivity index (χ3n) is 6.17. The molecule has 30 heavy (non-hydrogen) atoms. The van der Waals surface area contributed by atoms with Crippen LogP contribution < -0.4 is 5.56 Å². The Morgan fingerprint density at radius 1 is 1.03 bits per heavy atom. The van der Waals surface area contributed by atoms with Crippen molar-refractivity contribution in [2.75, 3.05) is 0 Å². The van der Waals surface area contributed by atoms with Crippen molar-refractivity contribution in [1.82, 2.24) is 24.4 Å². The van der Waals surface area contributed by atoms with E-state index >= 15 is 0 Å². The van der Waals surface area contributed by atoms with E-state index in [4.69, 9.17) is 16.7 Å². The maximum absolute atomic E-state index is 13.3. The second kappa shape index (κ2) is 7.84. The maximum atomic E-state index is 13.3. The molecule has 3 aromatic heterocycles. The van der Waals surface area contributed by atoms with Crippen LogP contribution in [-0.4, -0.2) is 24.4 Å². The lowest BCUT2D eigenvalue weighted by molar-refractivity contribution is 0.433. The van der Waals surface area contributed by atoms with Gasteiger partial charge < -0.3 is 4.57 Å². The number of hydrogen-bond acceptors (Lipinski definition) is 4. The van der Waals surface area contributed by atoms with Gasteiger partial charge in [0.2, 0.25) is 0 Å². The van der Waals surface area contributed by atoms with Gasteiger partial charge in [0.25, 0.3) is 5.56 Å². The van der Waals surface area contributed by atoms with E-state index in [0.29, 0.717) is 21.7 Å². The van der Waals surface area contributed by atoms with Gasteiger partial charge in [0.1, 0.15) is 5.52 Å². The highest BCUT2D eigenvalue weighted by Crippen LogP contribution is 2.30. The van der Waals surface area contributed by atoms with Gasteiger partial charge >= 0.3 is 0 Å². The third kappa shape index (κ3) is 3.19. The number of halogens is 1. The zero-order valence-electron chi connectivity index (χ0n) is 17.0. The monoisotopic (exact) mass is 421 g/mol. The molecule has 154 valence electrons. The first-order chi connectivity index (χ1) is 14.7. The summed E-state index contributed by atoms with van der Waals surface area (Å²) in [5, 5.41) is 14.3. The van der Waals surface area contributed by atoms with E-state index in [-0.39, 0.29) is 11.6 Å². The first kappa shape index (κ1) is 19.2. The van der Waals surface area contributed by atoms with Gasteiger partial charge in [-0.1, -0.05) is 56.3 Å². The highest BCUT2D eigenvalue weighted by atomic mass is 35.5. The van der Waals surface area contributed by atoms with Gasteiger partial charge in [0.15, 0.2) is 11.2 Å². The van der Waals surface area contributed by atoms with Crippen molar-refractivity contribution in [2.45, 2.75) is 57.9 Å². The summed E-state index contributed by atoms with van der Waals surface area (Å²) in [5.41, 5.74) is 4.52. The summed E-state index contributed by atoms with van der Waals surface area (Å²) in [6.45, 7) is 2.07. The SMILES string of the molecule is CCc1nn2c(nnc3c(=O)n(C4CCCCCC4)ccc32)c1-c1ccc(Cl)cc1. The molecule has 1 aromatic carbocycles. The van der Waals surface area contributed by atoms with Crippen LogP contribution >= 0.6 is 11.6 Å². The number of benzene rings is 1. The molecule has 5 rings (SSSR count). The Balaban J connectivity index is 1.69. The first-order valence-corrected chi connectivity index (χ1v) is 11.1. The van der Waals surface area contributed by atoms with Crippen LogP contribution in [0.15, 0.2) is 41.3 Å². The van der Waals surface area contributed by atoms with Crippen molar-refractivity contribution < 1.29 is 0 Å². The van der Waals surface area contributed by atoms with Crippen molar-refractivity contribution in [3.05, 3.63) is 57.6 Å². The van der Waals surface area contributed by atoms with Crippen LogP contribution in [0.2, 0.25) is 5.02 Å². The molecule has 0 atom stereocenters. The number of hydrogen-bond donors (Lipinski definition) is 0. The molecule has 0 radical (unpaired) electrons. The molecule has 0 amide bonds. The Labute approximate surface area is 179 Å². The Morgan fingerprint density at radius 2 is 1.77 bits per heavy atom. The number of aromatic nitrogens is 5. The van der Waals surface area contributed by atoms with Crippen LogP contribution in [0.1, 0.15) is 57.2 Å². The van der Waals surface area contributed by atoms with Crippen LogP contribution in [0.5, 0.6) is 0 Å². The molecule has 0 saturated heterocycles. The predicted molar refractivity (Wildman–Crippen MR) is 119 cm³/mol. The fourth-order valence-corrected chi connectivity index (χ4v) is 4.71. The van der Waals surface area contributed by atoms with Gasteiger partial charge in [-0.3, -0.25) is 4.79 Å². The van der Waals surface area contributed by atoms with E-state index in [0.717, 1.165) is 36.1 Å². The summed E-state index contributed by atoms with van der Waals surface area (Å²) < 4.78 is 3.63. The fraction of sp³-hybridized carbons (Fsp3) is 0.391. The molecule has 1 saturated carbocycles.